The molecule has 0 unspecified atom stereocenters. The van der Waals surface area contributed by atoms with E-state index >= 15 is 0 Å². The molecular weight excluding hydrogens is 356 g/mol. The minimum absolute atomic E-state index is 0.0787. The van der Waals surface area contributed by atoms with E-state index in [1.807, 2.05) is 6.07 Å². The zero-order valence-electron chi connectivity index (χ0n) is 15.5. The van der Waals surface area contributed by atoms with Crippen molar-refractivity contribution in [2.45, 2.75) is 12.3 Å². The molecule has 2 N–H and O–H groups in total. The van der Waals surface area contributed by atoms with Crippen LogP contribution in [0.15, 0.2) is 59.2 Å². The van der Waals surface area contributed by atoms with Crippen LogP contribution >= 0.6 is 0 Å². The summed E-state index contributed by atoms with van der Waals surface area (Å²) in [4.78, 5) is 28.6. The van der Waals surface area contributed by atoms with Crippen LogP contribution in [0.5, 0.6) is 5.75 Å². The topological polar surface area (TPSA) is 101 Å². The van der Waals surface area contributed by atoms with E-state index in [2.05, 4.69) is 6.58 Å². The summed E-state index contributed by atoms with van der Waals surface area (Å²) in [6, 6.07) is 10.8. The predicted molar refractivity (Wildman–Crippen MR) is 104 cm³/mol. The lowest BCUT2D eigenvalue weighted by Gasteiger charge is -2.34. The summed E-state index contributed by atoms with van der Waals surface area (Å²) in [7, 11) is 1.62. The van der Waals surface area contributed by atoms with Gasteiger partial charge in [-0.25, -0.2) is 0 Å². The molecule has 0 radical (unpaired) electrons. The molecule has 0 saturated carbocycles. The molecule has 7 nitrogen and oxygen atoms in total. The van der Waals surface area contributed by atoms with E-state index in [-0.39, 0.29) is 29.3 Å². The molecule has 28 heavy (non-hydrogen) atoms. The number of ether oxygens (including phenoxy) is 1. The van der Waals surface area contributed by atoms with Crippen LogP contribution in [0.4, 0.5) is 5.69 Å². The first-order valence-electron chi connectivity index (χ1n) is 8.71. The first kappa shape index (κ1) is 17.6. The number of rotatable bonds is 2. The van der Waals surface area contributed by atoms with Crippen LogP contribution in [0.25, 0.3) is 0 Å². The summed E-state index contributed by atoms with van der Waals surface area (Å²) < 4.78 is 7.06. The number of aryl methyl sites for hydroxylation is 1. The van der Waals surface area contributed by atoms with Crippen molar-refractivity contribution in [1.29, 1.82) is 5.26 Å². The molecule has 4 rings (SSSR count). The Morgan fingerprint density at radius 1 is 1.36 bits per heavy atom. The first-order valence-corrected chi connectivity index (χ1v) is 8.71. The number of para-hydroxylation sites is 1. The first-order chi connectivity index (χ1) is 13.4. The Morgan fingerprint density at radius 2 is 2.07 bits per heavy atom. The van der Waals surface area contributed by atoms with Gasteiger partial charge in [0.15, 0.2) is 5.41 Å². The van der Waals surface area contributed by atoms with Gasteiger partial charge in [0.1, 0.15) is 17.4 Å². The molecule has 0 saturated heterocycles. The number of carbonyl (C=O) groups is 1. The molecule has 7 heteroatoms. The number of nitrogens with two attached hydrogens (primary N) is 1. The highest BCUT2D eigenvalue weighted by Crippen LogP contribution is 2.53. The van der Waals surface area contributed by atoms with Crippen LogP contribution in [0.1, 0.15) is 16.8 Å². The van der Waals surface area contributed by atoms with Crippen LogP contribution in [0.2, 0.25) is 0 Å². The number of nitrogens with zero attached hydrogens (tertiary/aromatic N) is 3. The van der Waals surface area contributed by atoms with Gasteiger partial charge in [0.2, 0.25) is 11.8 Å². The molecular formula is C21H18N4O3. The van der Waals surface area contributed by atoms with E-state index in [1.54, 1.807) is 50.4 Å². The smallest absolute Gasteiger partial charge is 0.259 e. The minimum Gasteiger partial charge on any atom is -0.440 e. The van der Waals surface area contributed by atoms with E-state index in [4.69, 9.17) is 10.5 Å². The maximum absolute atomic E-state index is 13.8. The fourth-order valence-corrected chi connectivity index (χ4v) is 4.08. The monoisotopic (exact) mass is 374 g/mol. The Balaban J connectivity index is 2.22. The van der Waals surface area contributed by atoms with Gasteiger partial charge in [-0.3, -0.25) is 9.59 Å². The van der Waals surface area contributed by atoms with Gasteiger partial charge >= 0.3 is 0 Å². The number of anilines is 1. The lowest BCUT2D eigenvalue weighted by Crippen LogP contribution is -2.49. The number of benzene rings is 1. The van der Waals surface area contributed by atoms with Crippen LogP contribution in [0, 0.1) is 18.3 Å². The van der Waals surface area contributed by atoms with Gasteiger partial charge in [0.25, 0.3) is 5.56 Å². The lowest BCUT2D eigenvalue weighted by molar-refractivity contribution is -0.120. The predicted octanol–water partition coefficient (Wildman–Crippen LogP) is 1.60. The lowest BCUT2D eigenvalue weighted by atomic mass is 9.69. The zero-order chi connectivity index (χ0) is 20.2. The molecule has 140 valence electrons. The van der Waals surface area contributed by atoms with Crippen molar-refractivity contribution in [3.05, 3.63) is 81.6 Å². The van der Waals surface area contributed by atoms with E-state index in [0.29, 0.717) is 16.9 Å². The molecule has 2 aromatic rings. The maximum atomic E-state index is 13.8. The summed E-state index contributed by atoms with van der Waals surface area (Å²) in [5.41, 5.74) is 5.85. The molecule has 0 aliphatic carbocycles. The van der Waals surface area contributed by atoms with Gasteiger partial charge in [0.05, 0.1) is 5.56 Å². The Hall–Kier alpha value is -3.79. The minimum atomic E-state index is -1.64. The summed E-state index contributed by atoms with van der Waals surface area (Å²) in [5, 5.41) is 9.92. The normalized spacial score (nSPS) is 19.9. The van der Waals surface area contributed by atoms with Crippen LogP contribution < -0.4 is 20.9 Å². The molecule has 1 atom stereocenters. The third kappa shape index (κ3) is 1.92. The van der Waals surface area contributed by atoms with Gasteiger partial charge in [-0.15, -0.1) is 6.58 Å². The molecule has 3 heterocycles. The Morgan fingerprint density at radius 3 is 2.75 bits per heavy atom. The van der Waals surface area contributed by atoms with Crippen molar-refractivity contribution in [1.82, 2.24) is 4.57 Å². The van der Waals surface area contributed by atoms with Gasteiger partial charge in [-0.2, -0.15) is 5.26 Å². The van der Waals surface area contributed by atoms with Crippen LogP contribution in [0.3, 0.4) is 0 Å². The van der Waals surface area contributed by atoms with E-state index < -0.39 is 16.9 Å². The second-order valence-electron chi connectivity index (χ2n) is 6.81. The summed E-state index contributed by atoms with van der Waals surface area (Å²) in [5.74, 6) is -0.398. The molecule has 0 fully saturated rings. The Bertz CT molecular complexity index is 1190. The highest BCUT2D eigenvalue weighted by Gasteiger charge is 2.60. The summed E-state index contributed by atoms with van der Waals surface area (Å²) in [6.45, 7) is 5.71. The number of fused-ring (bicyclic) bond motifs is 4. The molecule has 1 aromatic heterocycles. The second-order valence-corrected chi connectivity index (χ2v) is 6.81. The van der Waals surface area contributed by atoms with Crippen molar-refractivity contribution in [2.75, 3.05) is 11.4 Å². The summed E-state index contributed by atoms with van der Waals surface area (Å²) in [6.07, 6.45) is 1.60. The van der Waals surface area contributed by atoms with E-state index in [0.717, 1.165) is 0 Å². The van der Waals surface area contributed by atoms with Gasteiger partial charge in [-0.05, 0) is 13.0 Å². The van der Waals surface area contributed by atoms with Crippen LogP contribution in [-0.2, 0) is 17.3 Å². The molecule has 1 spiro atoms. The van der Waals surface area contributed by atoms with Gasteiger partial charge in [0, 0.05) is 36.6 Å². The number of nitriles is 1. The SMILES string of the molecule is C=CCN1C(=O)[C@]2(C(C#N)=C(N)Oc3cc(C)n(C)c(=O)c32)c2ccccc21. The maximum Gasteiger partial charge on any atom is 0.259 e. The molecule has 2 aliphatic rings. The number of aromatic nitrogens is 1. The summed E-state index contributed by atoms with van der Waals surface area (Å²) >= 11 is 0. The highest BCUT2D eigenvalue weighted by atomic mass is 16.5. The number of amides is 1. The second kappa shape index (κ2) is 5.86. The molecule has 1 aromatic carbocycles. The molecule has 2 aliphatic heterocycles. The Labute approximate surface area is 161 Å². The third-order valence-electron chi connectivity index (χ3n) is 5.44. The fourth-order valence-electron chi connectivity index (χ4n) is 4.08. The average molecular weight is 374 g/mol. The highest BCUT2D eigenvalue weighted by molar-refractivity contribution is 6.14. The van der Waals surface area contributed by atoms with E-state index in [9.17, 15) is 14.9 Å². The molecule has 1 amide bonds. The number of hydrogen-bond donors (Lipinski definition) is 1. The van der Waals surface area contributed by atoms with Crippen molar-refractivity contribution in [2.24, 2.45) is 12.8 Å². The van der Waals surface area contributed by atoms with Gasteiger partial charge < -0.3 is 19.9 Å². The standard InChI is InChI=1S/C21H18N4O3/c1-4-9-25-15-8-6-5-7-13(15)21(20(25)27)14(11-22)18(23)28-16-10-12(2)24(3)19(26)17(16)21/h4-8,10H,1,9,23H2,2-3H3/t21-/m0/s1. The average Bonchev–Trinajstić information content (AvgIpc) is 2.90. The number of hydrogen-bond acceptors (Lipinski definition) is 5. The third-order valence-corrected chi connectivity index (χ3v) is 5.44. The van der Waals surface area contributed by atoms with Crippen LogP contribution in [-0.4, -0.2) is 17.0 Å². The van der Waals surface area contributed by atoms with Crippen molar-refractivity contribution in [3.8, 4) is 11.8 Å². The van der Waals surface area contributed by atoms with Gasteiger partial charge in [-0.1, -0.05) is 24.3 Å². The fraction of sp³-hybridized carbons (Fsp3) is 0.190. The van der Waals surface area contributed by atoms with Crippen molar-refractivity contribution < 1.29 is 9.53 Å². The molecule has 0 bridgehead atoms. The number of pyridine rings is 1. The zero-order valence-corrected chi connectivity index (χ0v) is 15.5. The Kier molecular flexibility index (Phi) is 3.69. The van der Waals surface area contributed by atoms with Crippen molar-refractivity contribution >= 4 is 11.6 Å². The van der Waals surface area contributed by atoms with Crippen molar-refractivity contribution in [3.63, 3.8) is 0 Å². The largest absolute Gasteiger partial charge is 0.440 e. The van der Waals surface area contributed by atoms with E-state index in [1.165, 1.54) is 9.47 Å². The number of carbonyl (C=O) groups excluding carboxylic acids is 1. The quantitative estimate of drug-likeness (QED) is 0.805.